The Morgan fingerprint density at radius 2 is 1.17 bits per heavy atom. The van der Waals surface area contributed by atoms with Crippen molar-refractivity contribution in [3.8, 4) is 16.9 Å². The van der Waals surface area contributed by atoms with Crippen LogP contribution in [-0.2, 0) is 26.5 Å². The van der Waals surface area contributed by atoms with Crippen LogP contribution in [0.4, 0.5) is 33.7 Å². The number of carbonyl (C=O) groups excluding carboxylic acids is 4. The van der Waals surface area contributed by atoms with E-state index in [1.54, 1.807) is 62.7 Å². The molecule has 0 saturated heterocycles. The van der Waals surface area contributed by atoms with E-state index in [4.69, 9.17) is 11.6 Å². The van der Waals surface area contributed by atoms with Crippen LogP contribution in [-0.4, -0.2) is 93.7 Å². The number of fused-ring (bicyclic) bond motifs is 2. The van der Waals surface area contributed by atoms with E-state index in [0.29, 0.717) is 52.1 Å². The number of aromatic amines is 2. The second-order valence-corrected chi connectivity index (χ2v) is 21.7. The number of nitrogens with one attached hydrogen (secondary N) is 4. The summed E-state index contributed by atoms with van der Waals surface area (Å²) in [7, 11) is -7.71. The first-order valence-electron chi connectivity index (χ1n) is 24.5. The van der Waals surface area contributed by atoms with E-state index in [-0.39, 0.29) is 46.8 Å². The van der Waals surface area contributed by atoms with Gasteiger partial charge in [-0.1, -0.05) is 68.5 Å². The topological polar surface area (TPSA) is 257 Å². The van der Waals surface area contributed by atoms with Gasteiger partial charge in [-0.3, -0.25) is 28.8 Å². The summed E-state index contributed by atoms with van der Waals surface area (Å²) < 4.78 is 118. The molecular weight excluding hydrogens is 1120 g/mol. The maximum atomic E-state index is 15.3. The maximum absolute atomic E-state index is 15.3. The molecule has 6 heterocycles. The lowest BCUT2D eigenvalue weighted by Gasteiger charge is -2.11. The molecule has 9 aromatic rings. The minimum atomic E-state index is -3.88. The highest BCUT2D eigenvalue weighted by atomic mass is 35.5. The zero-order valence-electron chi connectivity index (χ0n) is 42.7. The molecule has 0 aliphatic carbocycles. The number of pyridine rings is 2. The van der Waals surface area contributed by atoms with E-state index < -0.39 is 82.8 Å². The summed E-state index contributed by atoms with van der Waals surface area (Å²) >= 11 is 4.95. The van der Waals surface area contributed by atoms with Crippen molar-refractivity contribution in [2.45, 2.75) is 33.1 Å². The van der Waals surface area contributed by atoms with Crippen LogP contribution in [0.1, 0.15) is 74.5 Å². The number of sulfonamides is 2. The van der Waals surface area contributed by atoms with Crippen molar-refractivity contribution in [2.75, 3.05) is 27.5 Å². The fraction of sp³-hybridized carbons (Fsp3) is 0.143. The van der Waals surface area contributed by atoms with Crippen LogP contribution < -0.4 is 14.2 Å². The van der Waals surface area contributed by atoms with Crippen LogP contribution in [0.3, 0.4) is 0 Å². The smallest absolute Gasteiger partial charge is 0.409 e. The molecule has 5 aromatic heterocycles. The lowest BCUT2D eigenvalue weighted by Crippen LogP contribution is -2.18. The van der Waals surface area contributed by atoms with E-state index in [9.17, 15) is 44.8 Å². The first-order chi connectivity index (χ1) is 38.8. The molecule has 0 atom stereocenters. The number of aromatic nitrogens is 6. The molecule has 416 valence electrons. The number of ether oxygens (including phenoxy) is 1. The quantitative estimate of drug-likeness (QED) is 0.0377. The molecule has 1 aliphatic rings. The Bertz CT molecular complexity index is 4160. The maximum Gasteiger partial charge on any atom is 0.409 e. The minimum Gasteiger partial charge on any atom is -0.415 e. The third kappa shape index (κ3) is 14.0. The van der Waals surface area contributed by atoms with Crippen LogP contribution >= 0.6 is 11.6 Å². The van der Waals surface area contributed by atoms with Gasteiger partial charge in [-0.25, -0.2) is 53.8 Å². The fourth-order valence-electron chi connectivity index (χ4n) is 8.21. The monoisotopic (exact) mass is 1160 g/mol. The molecule has 0 bridgehead atoms. The third-order valence-corrected chi connectivity index (χ3v) is 15.0. The number of hydrogen-bond donors (Lipinski definition) is 4. The van der Waals surface area contributed by atoms with Crippen molar-refractivity contribution in [3.63, 3.8) is 0 Å². The number of ketones is 2. The number of hydrogen-bond acceptors (Lipinski definition) is 13. The van der Waals surface area contributed by atoms with Crippen molar-refractivity contribution in [1.29, 1.82) is 0 Å². The van der Waals surface area contributed by atoms with Gasteiger partial charge in [0.1, 0.15) is 28.7 Å². The van der Waals surface area contributed by atoms with Crippen LogP contribution in [0.2, 0.25) is 0 Å². The summed E-state index contributed by atoms with van der Waals surface area (Å²) in [6.45, 7) is 3.84. The largest absolute Gasteiger partial charge is 0.415 e. The Balaban J connectivity index is 0.000000185. The van der Waals surface area contributed by atoms with E-state index in [0.717, 1.165) is 35.4 Å². The van der Waals surface area contributed by atoms with Gasteiger partial charge in [-0.2, -0.15) is 5.10 Å². The standard InChI is InChI=1S/C28H23F2N5O4S.C21H18F2N4O3S.C7H5ClO2/c1-2-10-40(38,39)34-23-9-8-22(29)25(26(23)30)27(37)21-15-32-28-20(21)12-18(13-31-28)19-14-33-35(16-19)24(36)11-17-6-4-3-5-7-17;1-2-7-31(29,30)27-17-4-3-16(22)18(19(17)23)20(28)15-11-26-21-14(15)8-13(10-25-21)12-5-6-24-9-12;8-7(9)10-6-4-2-1-3-5-6/h3-9,12-16,34H,2,10-11H2,1H3,(H,31,32);3-5,8-11,27H,2,6-7H2,1H3,(H,25,26);1-5H. The molecule has 0 fully saturated rings. The van der Waals surface area contributed by atoms with Gasteiger partial charge in [-0.15, -0.1) is 0 Å². The molecule has 0 spiro atoms. The SMILES string of the molecule is CCCS(=O)(=O)Nc1ccc(F)c(C(=O)c2c[nH]c3ncc(-c4cnn(C(=O)Cc5ccccc5)c4)cc23)c1F.CCCS(=O)(=O)Nc1ccc(F)c(C(=O)c2c[nH]c3ncc(C4=CCN=C4)cc23)c1F.O=C(Cl)Oc1ccccc1. The molecule has 1 aliphatic heterocycles. The summed E-state index contributed by atoms with van der Waals surface area (Å²) in [4.78, 5) is 67.6. The van der Waals surface area contributed by atoms with Crippen molar-refractivity contribution in [2.24, 2.45) is 4.99 Å². The Kier molecular flexibility index (Phi) is 18.1. The van der Waals surface area contributed by atoms with Crippen LogP contribution in [0.25, 0.3) is 38.8 Å². The van der Waals surface area contributed by atoms with Crippen molar-refractivity contribution >= 4 is 99.8 Å². The Morgan fingerprint density at radius 1 is 0.667 bits per heavy atom. The van der Waals surface area contributed by atoms with E-state index in [2.05, 4.69) is 44.2 Å². The van der Waals surface area contributed by atoms with Gasteiger partial charge in [0, 0.05) is 87.4 Å². The van der Waals surface area contributed by atoms with Gasteiger partial charge in [0.05, 0.1) is 53.2 Å². The highest BCUT2D eigenvalue weighted by molar-refractivity contribution is 7.92. The lowest BCUT2D eigenvalue weighted by molar-refractivity contribution is 0.0897. The molecule has 0 radical (unpaired) electrons. The molecular formula is C56H46ClF4N9O9S2. The predicted octanol–water partition coefficient (Wildman–Crippen LogP) is 11.1. The number of halogens is 5. The molecule has 25 heteroatoms. The predicted molar refractivity (Wildman–Crippen MR) is 299 cm³/mol. The molecule has 18 nitrogen and oxygen atoms in total. The third-order valence-electron chi connectivity index (χ3n) is 12.0. The molecule has 81 heavy (non-hydrogen) atoms. The number of H-pyrrole nitrogens is 2. The Labute approximate surface area is 465 Å². The zero-order chi connectivity index (χ0) is 58.0. The summed E-state index contributed by atoms with van der Waals surface area (Å²) in [6.07, 6.45) is 13.1. The molecule has 4 aromatic carbocycles. The molecule has 4 N–H and O–H groups in total. The van der Waals surface area contributed by atoms with E-state index >= 15 is 8.78 Å². The highest BCUT2D eigenvalue weighted by Gasteiger charge is 2.28. The molecule has 0 amide bonds. The first-order valence-corrected chi connectivity index (χ1v) is 28.2. The van der Waals surface area contributed by atoms with Crippen molar-refractivity contribution < 1.29 is 58.3 Å². The number of nitrogens with zero attached hydrogens (tertiary/aromatic N) is 5. The van der Waals surface area contributed by atoms with Gasteiger partial charge in [-0.05, 0) is 72.5 Å². The molecule has 0 saturated carbocycles. The average Bonchev–Trinajstić information content (AvgIpc) is 4.45. The second kappa shape index (κ2) is 25.3. The minimum absolute atomic E-state index is 0.0197. The van der Waals surface area contributed by atoms with Gasteiger partial charge < -0.3 is 14.7 Å². The number of allylic oxidation sites excluding steroid dienone is 1. The van der Waals surface area contributed by atoms with E-state index in [1.807, 2.05) is 42.5 Å². The average molecular weight is 1160 g/mol. The number of aliphatic imine (C=N–C) groups is 1. The van der Waals surface area contributed by atoms with Crippen molar-refractivity contribution in [1.82, 2.24) is 29.7 Å². The molecule has 0 unspecified atom stereocenters. The van der Waals surface area contributed by atoms with Crippen molar-refractivity contribution in [3.05, 3.63) is 197 Å². The van der Waals surface area contributed by atoms with Gasteiger partial charge in [0.15, 0.2) is 11.6 Å². The lowest BCUT2D eigenvalue weighted by atomic mass is 10.00. The summed E-state index contributed by atoms with van der Waals surface area (Å²) in [5, 5.41) is 4.81. The number of carbonyl (C=O) groups is 4. The Morgan fingerprint density at radius 3 is 1.67 bits per heavy atom. The van der Waals surface area contributed by atoms with Gasteiger partial charge >= 0.3 is 5.43 Å². The number of anilines is 2. The van der Waals surface area contributed by atoms with Gasteiger partial charge in [0.2, 0.25) is 31.6 Å². The number of benzene rings is 4. The fourth-order valence-corrected chi connectivity index (χ4v) is 10.6. The normalized spacial score (nSPS) is 12.0. The second-order valence-electron chi connectivity index (χ2n) is 17.7. The highest BCUT2D eigenvalue weighted by Crippen LogP contribution is 2.32. The Hall–Kier alpha value is -9.13. The zero-order valence-corrected chi connectivity index (χ0v) is 45.1. The number of para-hydroxylation sites is 1. The number of rotatable bonds is 17. The molecule has 10 rings (SSSR count). The van der Waals surface area contributed by atoms with Crippen LogP contribution in [0.5, 0.6) is 5.75 Å². The van der Waals surface area contributed by atoms with Gasteiger partial charge in [0.25, 0.3) is 5.91 Å². The summed E-state index contributed by atoms with van der Waals surface area (Å²) in [5.41, 5.74) is 0.500. The summed E-state index contributed by atoms with van der Waals surface area (Å²) in [5.74, 6) is -7.03. The first kappa shape index (κ1) is 58.0. The van der Waals surface area contributed by atoms with E-state index in [1.165, 1.54) is 35.7 Å². The van der Waals surface area contributed by atoms with Crippen LogP contribution in [0.15, 0.2) is 145 Å². The van der Waals surface area contributed by atoms with Crippen LogP contribution in [0, 0.1) is 23.3 Å². The summed E-state index contributed by atoms with van der Waals surface area (Å²) in [6, 6.07) is 24.7.